The molecule has 17 heavy (non-hydrogen) atoms. The standard InChI is InChI=1S/C9H10IN5O2/c10-6-5-8(16)13-9(11)14-15(5)7(12-6)4-1-2-17-3-4/h4H,1-3H2,(H3,11,13,14,16). The SMILES string of the molecule is Nc1nn2c(C3CCOC3)nc(I)c2c(=O)[nH]1. The summed E-state index contributed by atoms with van der Waals surface area (Å²) in [4.78, 5) is 18.7. The highest BCUT2D eigenvalue weighted by Gasteiger charge is 2.25. The Morgan fingerprint density at radius 3 is 3.12 bits per heavy atom. The molecule has 0 bridgehead atoms. The van der Waals surface area contributed by atoms with E-state index < -0.39 is 0 Å². The Hall–Kier alpha value is -1.16. The van der Waals surface area contributed by atoms with Crippen LogP contribution in [-0.4, -0.2) is 32.8 Å². The van der Waals surface area contributed by atoms with Gasteiger partial charge in [-0.1, -0.05) is 0 Å². The van der Waals surface area contributed by atoms with Crippen molar-refractivity contribution in [2.75, 3.05) is 18.9 Å². The van der Waals surface area contributed by atoms with Gasteiger partial charge in [-0.25, -0.2) is 9.50 Å². The van der Waals surface area contributed by atoms with Crippen molar-refractivity contribution in [3.8, 4) is 0 Å². The van der Waals surface area contributed by atoms with E-state index in [1.165, 1.54) is 4.52 Å². The zero-order valence-corrected chi connectivity index (χ0v) is 11.0. The summed E-state index contributed by atoms with van der Waals surface area (Å²) >= 11 is 2.03. The lowest BCUT2D eigenvalue weighted by Gasteiger charge is -2.05. The monoisotopic (exact) mass is 347 g/mol. The number of rotatable bonds is 1. The average Bonchev–Trinajstić information content (AvgIpc) is 2.85. The second kappa shape index (κ2) is 3.95. The number of aromatic nitrogens is 4. The molecule has 7 nitrogen and oxygen atoms in total. The number of fused-ring (bicyclic) bond motifs is 1. The molecule has 2 aromatic heterocycles. The van der Waals surface area contributed by atoms with Crippen LogP contribution >= 0.6 is 22.6 Å². The summed E-state index contributed by atoms with van der Waals surface area (Å²) in [6, 6.07) is 0. The van der Waals surface area contributed by atoms with Crippen LogP contribution in [0.2, 0.25) is 0 Å². The number of hydrogen-bond acceptors (Lipinski definition) is 5. The number of nitrogen functional groups attached to an aromatic ring is 1. The Balaban J connectivity index is 2.29. The van der Waals surface area contributed by atoms with E-state index in [0.29, 0.717) is 15.8 Å². The normalized spacial score (nSPS) is 20.2. The van der Waals surface area contributed by atoms with Gasteiger partial charge < -0.3 is 10.5 Å². The molecule has 8 heteroatoms. The number of nitrogens with one attached hydrogen (secondary N) is 1. The highest BCUT2D eigenvalue weighted by atomic mass is 127. The lowest BCUT2D eigenvalue weighted by molar-refractivity contribution is 0.193. The number of nitrogens with zero attached hydrogens (tertiary/aromatic N) is 3. The van der Waals surface area contributed by atoms with Crippen molar-refractivity contribution in [3.05, 3.63) is 19.9 Å². The Kier molecular flexibility index (Phi) is 2.54. The third kappa shape index (κ3) is 1.71. The summed E-state index contributed by atoms with van der Waals surface area (Å²) in [7, 11) is 0. The van der Waals surface area contributed by atoms with E-state index in [0.717, 1.165) is 18.9 Å². The van der Waals surface area contributed by atoms with Crippen LogP contribution in [0, 0.1) is 3.70 Å². The van der Waals surface area contributed by atoms with Crippen LogP contribution in [0.4, 0.5) is 5.95 Å². The van der Waals surface area contributed by atoms with Crippen LogP contribution in [0.3, 0.4) is 0 Å². The van der Waals surface area contributed by atoms with Crippen molar-refractivity contribution in [1.29, 1.82) is 0 Å². The van der Waals surface area contributed by atoms with E-state index in [4.69, 9.17) is 10.5 Å². The number of halogens is 1. The van der Waals surface area contributed by atoms with Gasteiger partial charge in [-0.15, -0.1) is 5.10 Å². The minimum Gasteiger partial charge on any atom is -0.381 e. The van der Waals surface area contributed by atoms with Gasteiger partial charge >= 0.3 is 0 Å². The predicted octanol–water partition coefficient (Wildman–Crippen LogP) is 0.108. The number of ether oxygens (including phenoxy) is 1. The summed E-state index contributed by atoms with van der Waals surface area (Å²) in [5.74, 6) is 1.02. The fraction of sp³-hybridized carbons (Fsp3) is 0.444. The fourth-order valence-corrected chi connectivity index (χ4v) is 2.73. The first-order valence-corrected chi connectivity index (χ1v) is 6.26. The van der Waals surface area contributed by atoms with E-state index in [-0.39, 0.29) is 17.4 Å². The molecule has 3 heterocycles. The lowest BCUT2D eigenvalue weighted by atomic mass is 10.1. The van der Waals surface area contributed by atoms with Crippen molar-refractivity contribution < 1.29 is 4.74 Å². The largest absolute Gasteiger partial charge is 0.381 e. The molecular weight excluding hydrogens is 337 g/mol. The van der Waals surface area contributed by atoms with Gasteiger partial charge in [-0.3, -0.25) is 9.78 Å². The molecule has 2 aromatic rings. The van der Waals surface area contributed by atoms with E-state index in [1.54, 1.807) is 0 Å². The van der Waals surface area contributed by atoms with Gasteiger partial charge in [0.15, 0.2) is 5.52 Å². The molecular formula is C9H10IN5O2. The molecule has 0 saturated carbocycles. The molecule has 1 fully saturated rings. The number of aromatic amines is 1. The molecule has 1 aliphatic rings. The zero-order valence-electron chi connectivity index (χ0n) is 8.81. The first-order valence-electron chi connectivity index (χ1n) is 5.18. The summed E-state index contributed by atoms with van der Waals surface area (Å²) in [5.41, 5.74) is 5.73. The maximum atomic E-state index is 11.8. The quantitative estimate of drug-likeness (QED) is 0.714. The topological polar surface area (TPSA) is 98.3 Å². The van der Waals surface area contributed by atoms with Crippen molar-refractivity contribution in [2.24, 2.45) is 0 Å². The van der Waals surface area contributed by atoms with Gasteiger partial charge in [-0.2, -0.15) is 0 Å². The second-order valence-corrected chi connectivity index (χ2v) is 4.94. The number of hydrogen-bond donors (Lipinski definition) is 2. The van der Waals surface area contributed by atoms with Gasteiger partial charge in [0, 0.05) is 12.5 Å². The summed E-state index contributed by atoms with van der Waals surface area (Å²) in [6.07, 6.45) is 0.892. The van der Waals surface area contributed by atoms with E-state index in [2.05, 4.69) is 15.1 Å². The first-order chi connectivity index (χ1) is 8.16. The Morgan fingerprint density at radius 2 is 2.41 bits per heavy atom. The number of imidazole rings is 1. The molecule has 0 radical (unpaired) electrons. The van der Waals surface area contributed by atoms with Crippen LogP contribution in [0.5, 0.6) is 0 Å². The van der Waals surface area contributed by atoms with Crippen molar-refractivity contribution >= 4 is 34.1 Å². The molecule has 1 saturated heterocycles. The van der Waals surface area contributed by atoms with Gasteiger partial charge in [0.05, 0.1) is 6.61 Å². The molecule has 1 atom stereocenters. The number of anilines is 1. The average molecular weight is 347 g/mol. The Morgan fingerprint density at radius 1 is 1.59 bits per heavy atom. The van der Waals surface area contributed by atoms with Crippen molar-refractivity contribution in [1.82, 2.24) is 19.6 Å². The van der Waals surface area contributed by atoms with Crippen molar-refractivity contribution in [3.63, 3.8) is 0 Å². The molecule has 0 aliphatic carbocycles. The van der Waals surface area contributed by atoms with Gasteiger partial charge in [0.2, 0.25) is 5.95 Å². The summed E-state index contributed by atoms with van der Waals surface area (Å²) in [5, 5.41) is 4.12. The van der Waals surface area contributed by atoms with E-state index >= 15 is 0 Å². The van der Waals surface area contributed by atoms with Crippen molar-refractivity contribution in [2.45, 2.75) is 12.3 Å². The zero-order chi connectivity index (χ0) is 12.0. The van der Waals surface area contributed by atoms with Gasteiger partial charge in [0.25, 0.3) is 5.56 Å². The third-order valence-corrected chi connectivity index (χ3v) is 3.55. The summed E-state index contributed by atoms with van der Waals surface area (Å²) in [6.45, 7) is 1.33. The maximum Gasteiger partial charge on any atom is 0.279 e. The van der Waals surface area contributed by atoms with Gasteiger partial charge in [0.1, 0.15) is 9.53 Å². The highest BCUT2D eigenvalue weighted by molar-refractivity contribution is 14.1. The lowest BCUT2D eigenvalue weighted by Crippen LogP contribution is -2.17. The summed E-state index contributed by atoms with van der Waals surface area (Å²) < 4.78 is 7.50. The van der Waals surface area contributed by atoms with Gasteiger partial charge in [-0.05, 0) is 29.0 Å². The number of H-pyrrole nitrogens is 1. The first kappa shape index (κ1) is 11.0. The smallest absolute Gasteiger partial charge is 0.279 e. The molecule has 0 aromatic carbocycles. The fourth-order valence-electron chi connectivity index (χ4n) is 2.00. The molecule has 1 aliphatic heterocycles. The van der Waals surface area contributed by atoms with Crippen LogP contribution in [-0.2, 0) is 4.74 Å². The highest BCUT2D eigenvalue weighted by Crippen LogP contribution is 2.25. The van der Waals surface area contributed by atoms with Crippen LogP contribution in [0.25, 0.3) is 5.52 Å². The Bertz CT molecular complexity index is 628. The van der Waals surface area contributed by atoms with E-state index in [9.17, 15) is 4.79 Å². The molecule has 0 amide bonds. The minimum absolute atomic E-state index is 0.0939. The molecule has 3 N–H and O–H groups in total. The second-order valence-electron chi connectivity index (χ2n) is 3.92. The third-order valence-electron chi connectivity index (χ3n) is 2.80. The molecule has 3 rings (SSSR count). The van der Waals surface area contributed by atoms with Crippen LogP contribution < -0.4 is 11.3 Å². The Labute approximate surface area is 110 Å². The molecule has 90 valence electrons. The molecule has 0 spiro atoms. The maximum absolute atomic E-state index is 11.8. The van der Waals surface area contributed by atoms with Crippen LogP contribution in [0.15, 0.2) is 4.79 Å². The molecule has 1 unspecified atom stereocenters. The predicted molar refractivity (Wildman–Crippen MR) is 68.9 cm³/mol. The van der Waals surface area contributed by atoms with Crippen LogP contribution in [0.1, 0.15) is 18.2 Å². The van der Waals surface area contributed by atoms with E-state index in [1.807, 2.05) is 22.6 Å². The minimum atomic E-state index is -0.264. The number of nitrogens with two attached hydrogens (primary N) is 1.